The van der Waals surface area contributed by atoms with Crippen LogP contribution in [0.15, 0.2) is 36.4 Å². The van der Waals surface area contributed by atoms with Crippen molar-refractivity contribution in [3.8, 4) is 0 Å². The molecule has 18 heavy (non-hydrogen) atoms. The highest BCUT2D eigenvalue weighted by Gasteiger charge is 2.25. The molecule has 0 spiro atoms. The Hall–Kier alpha value is -2.03. The zero-order valence-corrected chi connectivity index (χ0v) is 10.5. The molecule has 3 N–H and O–H groups in total. The number of benzene rings is 1. The Morgan fingerprint density at radius 2 is 2.11 bits per heavy atom. The average Bonchev–Trinajstić information content (AvgIpc) is 2.34. The summed E-state index contributed by atoms with van der Waals surface area (Å²) in [6.45, 7) is 2.88. The lowest BCUT2D eigenvalue weighted by molar-refractivity contribution is 0.634. The second-order valence-electron chi connectivity index (χ2n) is 4.87. The van der Waals surface area contributed by atoms with E-state index in [0.29, 0.717) is 11.6 Å². The van der Waals surface area contributed by atoms with Crippen LogP contribution in [-0.4, -0.2) is 11.5 Å². The molecule has 1 aliphatic carbocycles. The van der Waals surface area contributed by atoms with Crippen molar-refractivity contribution in [3.63, 3.8) is 0 Å². The van der Waals surface area contributed by atoms with Crippen LogP contribution < -0.4 is 11.1 Å². The number of aryl methyl sites for hydroxylation is 1. The Morgan fingerprint density at radius 3 is 2.94 bits per heavy atom. The molecular weight excluding hydrogens is 222 g/mol. The summed E-state index contributed by atoms with van der Waals surface area (Å²) in [6.07, 6.45) is 1.15. The maximum Gasteiger partial charge on any atom is 0.149 e. The van der Waals surface area contributed by atoms with E-state index in [1.54, 1.807) is 0 Å². The smallest absolute Gasteiger partial charge is 0.149 e. The van der Waals surface area contributed by atoms with Crippen molar-refractivity contribution < 1.29 is 0 Å². The van der Waals surface area contributed by atoms with Gasteiger partial charge in [-0.25, -0.2) is 4.98 Å². The summed E-state index contributed by atoms with van der Waals surface area (Å²) in [5.41, 5.74) is 10.5. The molecule has 1 unspecified atom stereocenters. The molecule has 1 aromatic heterocycles. The first-order valence-corrected chi connectivity index (χ1v) is 6.29. The molecule has 0 bridgehead atoms. The van der Waals surface area contributed by atoms with E-state index in [9.17, 15) is 0 Å². The summed E-state index contributed by atoms with van der Waals surface area (Å²) in [5.74, 6) is 1.39. The Labute approximate surface area is 107 Å². The van der Waals surface area contributed by atoms with Crippen LogP contribution in [-0.2, 0) is 6.42 Å². The van der Waals surface area contributed by atoms with E-state index in [1.807, 2.05) is 19.1 Å². The highest BCUT2D eigenvalue weighted by Crippen LogP contribution is 2.34. The van der Waals surface area contributed by atoms with E-state index in [0.717, 1.165) is 24.5 Å². The molecule has 1 heterocycles. The first-order chi connectivity index (χ1) is 8.74. The topological polar surface area (TPSA) is 50.9 Å². The molecule has 3 nitrogen and oxygen atoms in total. The van der Waals surface area contributed by atoms with Crippen molar-refractivity contribution in [3.05, 3.63) is 53.2 Å². The molecule has 0 amide bonds. The van der Waals surface area contributed by atoms with Gasteiger partial charge in [-0.15, -0.1) is 0 Å². The number of fused-ring (bicyclic) bond motifs is 1. The molecule has 1 aliphatic rings. The van der Waals surface area contributed by atoms with Gasteiger partial charge in [0, 0.05) is 18.2 Å². The summed E-state index contributed by atoms with van der Waals surface area (Å²) >= 11 is 0. The summed E-state index contributed by atoms with van der Waals surface area (Å²) < 4.78 is 0. The van der Waals surface area contributed by atoms with Gasteiger partial charge in [0.25, 0.3) is 0 Å². The van der Waals surface area contributed by atoms with Crippen molar-refractivity contribution in [2.75, 3.05) is 17.6 Å². The fraction of sp³-hybridized carbons (Fsp3) is 0.267. The number of aromatic nitrogens is 1. The van der Waals surface area contributed by atoms with E-state index < -0.39 is 0 Å². The van der Waals surface area contributed by atoms with Crippen LogP contribution in [0.1, 0.15) is 22.7 Å². The van der Waals surface area contributed by atoms with Crippen molar-refractivity contribution in [2.45, 2.75) is 19.3 Å². The summed E-state index contributed by atoms with van der Waals surface area (Å²) in [7, 11) is 0. The number of nitrogen functional groups attached to an aromatic ring is 1. The van der Waals surface area contributed by atoms with Gasteiger partial charge >= 0.3 is 0 Å². The molecule has 0 fully saturated rings. The lowest BCUT2D eigenvalue weighted by Gasteiger charge is -2.30. The number of pyridine rings is 1. The van der Waals surface area contributed by atoms with Crippen LogP contribution in [0.2, 0.25) is 0 Å². The third-order valence-electron chi connectivity index (χ3n) is 3.54. The summed E-state index contributed by atoms with van der Waals surface area (Å²) in [4.78, 5) is 4.42. The standard InChI is InChI=1S/C15H17N3/c1-10-6-7-14(16)15(18-10)17-9-12-8-11-4-2-3-5-13(11)12/h2-7,12H,8-9,16H2,1H3,(H,17,18). The van der Waals surface area contributed by atoms with Crippen LogP contribution in [0.25, 0.3) is 0 Å². The maximum absolute atomic E-state index is 5.90. The lowest BCUT2D eigenvalue weighted by Crippen LogP contribution is -2.24. The molecule has 1 atom stereocenters. The molecule has 0 saturated heterocycles. The van der Waals surface area contributed by atoms with E-state index in [4.69, 9.17) is 5.73 Å². The number of hydrogen-bond donors (Lipinski definition) is 2. The van der Waals surface area contributed by atoms with E-state index in [-0.39, 0.29) is 0 Å². The summed E-state index contributed by atoms with van der Waals surface area (Å²) in [5, 5.41) is 3.36. The van der Waals surface area contributed by atoms with Crippen molar-refractivity contribution >= 4 is 11.5 Å². The fourth-order valence-electron chi connectivity index (χ4n) is 2.47. The van der Waals surface area contributed by atoms with Crippen molar-refractivity contribution in [2.24, 2.45) is 0 Å². The fourth-order valence-corrected chi connectivity index (χ4v) is 2.47. The first-order valence-electron chi connectivity index (χ1n) is 6.29. The first kappa shape index (κ1) is 11.1. The van der Waals surface area contributed by atoms with Gasteiger partial charge in [-0.05, 0) is 36.6 Å². The predicted octanol–water partition coefficient (Wildman–Crippen LogP) is 2.72. The van der Waals surface area contributed by atoms with Crippen LogP contribution in [0.5, 0.6) is 0 Å². The van der Waals surface area contributed by atoms with E-state index in [2.05, 4.69) is 34.6 Å². The minimum absolute atomic E-state index is 0.586. The number of nitrogens with one attached hydrogen (secondary N) is 1. The zero-order chi connectivity index (χ0) is 12.5. The van der Waals surface area contributed by atoms with Crippen LogP contribution in [0.4, 0.5) is 11.5 Å². The van der Waals surface area contributed by atoms with Gasteiger partial charge in [-0.2, -0.15) is 0 Å². The SMILES string of the molecule is Cc1ccc(N)c(NCC2Cc3ccccc32)n1. The van der Waals surface area contributed by atoms with Crippen LogP contribution in [0.3, 0.4) is 0 Å². The lowest BCUT2D eigenvalue weighted by atomic mass is 9.77. The van der Waals surface area contributed by atoms with Gasteiger partial charge in [0.05, 0.1) is 5.69 Å². The average molecular weight is 239 g/mol. The van der Waals surface area contributed by atoms with Crippen LogP contribution in [0, 0.1) is 6.92 Å². The van der Waals surface area contributed by atoms with Gasteiger partial charge in [-0.3, -0.25) is 0 Å². The molecule has 0 radical (unpaired) electrons. The number of rotatable bonds is 3. The van der Waals surface area contributed by atoms with Gasteiger partial charge in [0.15, 0.2) is 0 Å². The normalized spacial score (nSPS) is 16.8. The van der Waals surface area contributed by atoms with Gasteiger partial charge < -0.3 is 11.1 Å². The van der Waals surface area contributed by atoms with Gasteiger partial charge in [-0.1, -0.05) is 24.3 Å². The number of nitrogens with two attached hydrogens (primary N) is 1. The quantitative estimate of drug-likeness (QED) is 0.866. The van der Waals surface area contributed by atoms with Crippen molar-refractivity contribution in [1.29, 1.82) is 0 Å². The Morgan fingerprint density at radius 1 is 1.28 bits per heavy atom. The van der Waals surface area contributed by atoms with Gasteiger partial charge in [0.1, 0.15) is 5.82 Å². The molecule has 1 aromatic carbocycles. The minimum Gasteiger partial charge on any atom is -0.396 e. The molecule has 92 valence electrons. The Kier molecular flexibility index (Phi) is 2.67. The molecule has 2 aromatic rings. The number of hydrogen-bond acceptors (Lipinski definition) is 3. The number of nitrogens with zero attached hydrogens (tertiary/aromatic N) is 1. The molecule has 0 saturated carbocycles. The highest BCUT2D eigenvalue weighted by atomic mass is 15.0. The monoisotopic (exact) mass is 239 g/mol. The predicted molar refractivity (Wildman–Crippen MR) is 74.8 cm³/mol. The van der Waals surface area contributed by atoms with Crippen LogP contribution >= 0.6 is 0 Å². The maximum atomic E-state index is 5.90. The molecule has 3 heteroatoms. The Bertz CT molecular complexity index is 578. The molecule has 0 aliphatic heterocycles. The van der Waals surface area contributed by atoms with E-state index >= 15 is 0 Å². The highest BCUT2D eigenvalue weighted by molar-refractivity contribution is 5.61. The van der Waals surface area contributed by atoms with Crippen molar-refractivity contribution in [1.82, 2.24) is 4.98 Å². The summed E-state index contributed by atoms with van der Waals surface area (Å²) in [6, 6.07) is 12.4. The Balaban J connectivity index is 1.68. The second-order valence-corrected chi connectivity index (χ2v) is 4.87. The number of anilines is 2. The zero-order valence-electron chi connectivity index (χ0n) is 10.5. The third kappa shape index (κ3) is 1.92. The third-order valence-corrected chi connectivity index (χ3v) is 3.54. The largest absolute Gasteiger partial charge is 0.396 e. The minimum atomic E-state index is 0.586. The molecular formula is C15H17N3. The van der Waals surface area contributed by atoms with E-state index in [1.165, 1.54) is 11.1 Å². The second kappa shape index (κ2) is 4.33. The molecule has 3 rings (SSSR count). The van der Waals surface area contributed by atoms with Gasteiger partial charge in [0.2, 0.25) is 0 Å².